The first-order valence-corrected chi connectivity index (χ1v) is 9.69. The first kappa shape index (κ1) is 20.3. The summed E-state index contributed by atoms with van der Waals surface area (Å²) in [7, 11) is 0. The van der Waals surface area contributed by atoms with E-state index in [1.54, 1.807) is 0 Å². The van der Waals surface area contributed by atoms with Gasteiger partial charge in [0.25, 0.3) is 0 Å². The molecule has 1 atom stereocenters. The minimum atomic E-state index is -0.0769. The molecule has 1 saturated heterocycles. The van der Waals surface area contributed by atoms with Gasteiger partial charge in [0, 0.05) is 6.61 Å². The van der Waals surface area contributed by atoms with Gasteiger partial charge in [-0.2, -0.15) is 0 Å². The fraction of sp³-hybridized carbons (Fsp3) is 0.727. The third kappa shape index (κ3) is 5.72. The molecule has 3 nitrogen and oxygen atoms in total. The van der Waals surface area contributed by atoms with Crippen molar-refractivity contribution in [3.05, 3.63) is 28.8 Å². The molecule has 1 unspecified atom stereocenters. The lowest BCUT2D eigenvalue weighted by molar-refractivity contribution is -0.162. The second-order valence-electron chi connectivity index (χ2n) is 9.31. The SMILES string of the molecule is CC(C)(C)c1cc(CCCOC2CCCCO2)cc(C(C)(C)C)c1O. The Morgan fingerprint density at radius 2 is 1.64 bits per heavy atom. The number of aromatic hydroxyl groups is 1. The van der Waals surface area contributed by atoms with Crippen molar-refractivity contribution in [1.29, 1.82) is 0 Å². The van der Waals surface area contributed by atoms with Crippen LogP contribution in [0.3, 0.4) is 0 Å². The van der Waals surface area contributed by atoms with Crippen LogP contribution in [0.2, 0.25) is 0 Å². The number of phenolic OH excluding ortho intramolecular Hbond substituents is 1. The number of hydrogen-bond acceptors (Lipinski definition) is 3. The second-order valence-corrected chi connectivity index (χ2v) is 9.31. The van der Waals surface area contributed by atoms with E-state index in [9.17, 15) is 5.11 Å². The summed E-state index contributed by atoms with van der Waals surface area (Å²) in [6.07, 6.45) is 5.28. The Bertz CT molecular complexity index is 523. The largest absolute Gasteiger partial charge is 0.507 e. The molecular weight excluding hydrogens is 312 g/mol. The van der Waals surface area contributed by atoms with E-state index in [1.165, 1.54) is 12.0 Å². The number of ether oxygens (including phenoxy) is 2. The topological polar surface area (TPSA) is 38.7 Å². The van der Waals surface area contributed by atoms with Gasteiger partial charge in [0.1, 0.15) is 5.75 Å². The molecule has 3 heteroatoms. The lowest BCUT2D eigenvalue weighted by Crippen LogP contribution is -2.22. The van der Waals surface area contributed by atoms with Gasteiger partial charge < -0.3 is 14.6 Å². The van der Waals surface area contributed by atoms with Crippen molar-refractivity contribution in [2.45, 2.75) is 90.8 Å². The van der Waals surface area contributed by atoms with Crippen molar-refractivity contribution < 1.29 is 14.6 Å². The van der Waals surface area contributed by atoms with Crippen molar-refractivity contribution in [1.82, 2.24) is 0 Å². The number of rotatable bonds is 5. The highest BCUT2D eigenvalue weighted by molar-refractivity contribution is 5.49. The highest BCUT2D eigenvalue weighted by atomic mass is 16.7. The van der Waals surface area contributed by atoms with Gasteiger partial charge in [0.15, 0.2) is 6.29 Å². The van der Waals surface area contributed by atoms with Gasteiger partial charge in [-0.3, -0.25) is 0 Å². The summed E-state index contributed by atoms with van der Waals surface area (Å²) < 4.78 is 11.5. The summed E-state index contributed by atoms with van der Waals surface area (Å²) in [5, 5.41) is 10.8. The molecular formula is C22H36O3. The average Bonchev–Trinajstić information content (AvgIpc) is 2.51. The molecule has 1 N–H and O–H groups in total. The molecule has 142 valence electrons. The van der Waals surface area contributed by atoms with Crippen LogP contribution in [-0.2, 0) is 26.7 Å². The Balaban J connectivity index is 2.06. The summed E-state index contributed by atoms with van der Waals surface area (Å²) in [6.45, 7) is 14.5. The van der Waals surface area contributed by atoms with Gasteiger partial charge in [0.05, 0.1) is 6.61 Å². The van der Waals surface area contributed by atoms with Gasteiger partial charge in [-0.15, -0.1) is 0 Å². The lowest BCUT2D eigenvalue weighted by Gasteiger charge is -2.28. The van der Waals surface area contributed by atoms with Crippen LogP contribution in [0, 0.1) is 0 Å². The minimum Gasteiger partial charge on any atom is -0.507 e. The number of aryl methyl sites for hydroxylation is 1. The van der Waals surface area contributed by atoms with E-state index in [1.807, 2.05) is 0 Å². The molecule has 0 bridgehead atoms. The molecule has 2 rings (SSSR count). The van der Waals surface area contributed by atoms with Gasteiger partial charge >= 0.3 is 0 Å². The summed E-state index contributed by atoms with van der Waals surface area (Å²) >= 11 is 0. The van der Waals surface area contributed by atoms with Gasteiger partial charge in [0.2, 0.25) is 0 Å². The van der Waals surface area contributed by atoms with Crippen LogP contribution in [0.1, 0.15) is 83.9 Å². The smallest absolute Gasteiger partial charge is 0.157 e. The minimum absolute atomic E-state index is 0.0103. The van der Waals surface area contributed by atoms with Crippen LogP contribution in [0.15, 0.2) is 12.1 Å². The predicted octanol–water partition coefficient (Wildman–Crippen LogP) is 5.46. The molecule has 1 aromatic rings. The third-order valence-electron chi connectivity index (χ3n) is 4.84. The number of benzene rings is 1. The van der Waals surface area contributed by atoms with Gasteiger partial charge in [-0.25, -0.2) is 0 Å². The zero-order valence-corrected chi connectivity index (χ0v) is 16.9. The Morgan fingerprint density at radius 3 is 2.12 bits per heavy atom. The molecule has 0 spiro atoms. The molecule has 1 fully saturated rings. The van der Waals surface area contributed by atoms with Crippen LogP contribution < -0.4 is 0 Å². The molecule has 0 amide bonds. The van der Waals surface area contributed by atoms with Crippen LogP contribution >= 0.6 is 0 Å². The normalized spacial score (nSPS) is 19.2. The van der Waals surface area contributed by atoms with E-state index in [-0.39, 0.29) is 17.1 Å². The first-order valence-electron chi connectivity index (χ1n) is 9.69. The molecule has 25 heavy (non-hydrogen) atoms. The maximum absolute atomic E-state index is 10.8. The predicted molar refractivity (Wildman–Crippen MR) is 103 cm³/mol. The summed E-state index contributed by atoms with van der Waals surface area (Å²) in [4.78, 5) is 0. The van der Waals surface area contributed by atoms with Gasteiger partial charge in [-0.05, 0) is 59.6 Å². The Hall–Kier alpha value is -1.06. The fourth-order valence-electron chi connectivity index (χ4n) is 3.32. The van der Waals surface area contributed by atoms with E-state index < -0.39 is 0 Å². The summed E-state index contributed by atoms with van der Waals surface area (Å²) in [5.74, 6) is 0.454. The maximum Gasteiger partial charge on any atom is 0.157 e. The van der Waals surface area contributed by atoms with E-state index in [2.05, 4.69) is 53.7 Å². The Labute approximate surface area is 153 Å². The summed E-state index contributed by atoms with van der Waals surface area (Å²) in [5.41, 5.74) is 3.19. The standard InChI is InChI=1S/C22H36O3/c1-21(2,3)17-14-16(15-18(20(17)23)22(4,5)6)10-9-13-25-19-11-7-8-12-24-19/h14-15,19,23H,7-13H2,1-6H3. The van der Waals surface area contributed by atoms with Crippen LogP contribution in [0.25, 0.3) is 0 Å². The summed E-state index contributed by atoms with van der Waals surface area (Å²) in [6, 6.07) is 4.34. The number of phenols is 1. The van der Waals surface area contributed by atoms with Crippen molar-refractivity contribution in [3.8, 4) is 5.75 Å². The molecule has 0 aromatic heterocycles. The first-order chi connectivity index (χ1) is 11.6. The highest BCUT2D eigenvalue weighted by Crippen LogP contribution is 2.39. The molecule has 1 aliphatic rings. The lowest BCUT2D eigenvalue weighted by atomic mass is 9.78. The fourth-order valence-corrected chi connectivity index (χ4v) is 3.32. The Kier molecular flexibility index (Phi) is 6.56. The zero-order valence-electron chi connectivity index (χ0n) is 16.9. The van der Waals surface area contributed by atoms with E-state index in [0.29, 0.717) is 5.75 Å². The van der Waals surface area contributed by atoms with Crippen LogP contribution in [0.5, 0.6) is 5.75 Å². The molecule has 0 saturated carbocycles. The zero-order chi connectivity index (χ0) is 18.7. The van der Waals surface area contributed by atoms with Crippen molar-refractivity contribution in [2.24, 2.45) is 0 Å². The highest BCUT2D eigenvalue weighted by Gasteiger charge is 2.26. The van der Waals surface area contributed by atoms with E-state index in [4.69, 9.17) is 9.47 Å². The van der Waals surface area contributed by atoms with E-state index >= 15 is 0 Å². The van der Waals surface area contributed by atoms with Crippen molar-refractivity contribution in [2.75, 3.05) is 13.2 Å². The third-order valence-corrected chi connectivity index (χ3v) is 4.84. The van der Waals surface area contributed by atoms with Crippen LogP contribution in [0.4, 0.5) is 0 Å². The average molecular weight is 349 g/mol. The molecule has 1 heterocycles. The monoisotopic (exact) mass is 348 g/mol. The van der Waals surface area contributed by atoms with Crippen LogP contribution in [-0.4, -0.2) is 24.6 Å². The van der Waals surface area contributed by atoms with E-state index in [0.717, 1.165) is 50.0 Å². The van der Waals surface area contributed by atoms with Crippen molar-refractivity contribution in [3.63, 3.8) is 0 Å². The van der Waals surface area contributed by atoms with Crippen molar-refractivity contribution >= 4 is 0 Å². The second kappa shape index (κ2) is 8.09. The molecule has 1 aliphatic heterocycles. The Morgan fingerprint density at radius 1 is 1.04 bits per heavy atom. The number of hydrogen-bond donors (Lipinski definition) is 1. The quantitative estimate of drug-likeness (QED) is 0.718. The molecule has 0 radical (unpaired) electrons. The molecule has 1 aromatic carbocycles. The maximum atomic E-state index is 10.8. The van der Waals surface area contributed by atoms with Gasteiger partial charge in [-0.1, -0.05) is 53.7 Å². The molecule has 0 aliphatic carbocycles.